The summed E-state index contributed by atoms with van der Waals surface area (Å²) in [7, 11) is 1.90. The molecule has 1 aromatic carbocycles. The van der Waals surface area contributed by atoms with E-state index in [-0.39, 0.29) is 0 Å². The molecule has 0 saturated carbocycles. The van der Waals surface area contributed by atoms with Gasteiger partial charge in [-0.25, -0.2) is 4.99 Å². The lowest BCUT2D eigenvalue weighted by Crippen LogP contribution is -2.36. The van der Waals surface area contributed by atoms with Crippen molar-refractivity contribution < 1.29 is 4.74 Å². The molecule has 16 heavy (non-hydrogen) atoms. The van der Waals surface area contributed by atoms with Crippen molar-refractivity contribution in [1.82, 2.24) is 4.90 Å². The number of hydrogen-bond acceptors (Lipinski definition) is 2. The molecule has 0 amide bonds. The van der Waals surface area contributed by atoms with Gasteiger partial charge in [0.25, 0.3) is 0 Å². The summed E-state index contributed by atoms with van der Waals surface area (Å²) in [5.74, 6) is 0.505. The predicted molar refractivity (Wildman–Crippen MR) is 66.8 cm³/mol. The topological polar surface area (TPSA) is 50.9 Å². The van der Waals surface area contributed by atoms with E-state index < -0.39 is 0 Å². The number of hydrogen-bond donors (Lipinski definition) is 1. The lowest BCUT2D eigenvalue weighted by molar-refractivity contribution is 0.136. The van der Waals surface area contributed by atoms with E-state index in [1.54, 1.807) is 0 Å². The number of nitrogens with two attached hydrogens (primary N) is 1. The van der Waals surface area contributed by atoms with Gasteiger partial charge < -0.3 is 15.4 Å². The Morgan fingerprint density at radius 3 is 2.69 bits per heavy atom. The predicted octanol–water partition coefficient (Wildman–Crippen LogP) is 1.60. The molecule has 0 heterocycles. The van der Waals surface area contributed by atoms with Crippen LogP contribution in [0.4, 0.5) is 5.69 Å². The van der Waals surface area contributed by atoms with Gasteiger partial charge in [-0.3, -0.25) is 0 Å². The highest BCUT2D eigenvalue weighted by molar-refractivity contribution is 5.80. The Morgan fingerprint density at radius 2 is 2.06 bits per heavy atom. The van der Waals surface area contributed by atoms with Crippen LogP contribution in [0.3, 0.4) is 0 Å². The normalized spacial score (nSPS) is 11.5. The monoisotopic (exact) mass is 221 g/mol. The molecular formula is C12H19N3O. The standard InChI is InChI=1S/C12H19N3O/c1-3-16-10-9-15(2)12(13)14-11-7-5-4-6-8-11/h4-8H,3,9-10H2,1-2H3,(H2,13,14). The maximum atomic E-state index is 5.85. The highest BCUT2D eigenvalue weighted by Gasteiger charge is 2.01. The quantitative estimate of drug-likeness (QED) is 0.467. The van der Waals surface area contributed by atoms with Gasteiger partial charge in [0, 0.05) is 20.2 Å². The summed E-state index contributed by atoms with van der Waals surface area (Å²) >= 11 is 0. The molecule has 0 radical (unpaired) electrons. The first-order valence-corrected chi connectivity index (χ1v) is 5.42. The Hall–Kier alpha value is -1.55. The van der Waals surface area contributed by atoms with Gasteiger partial charge in [-0.1, -0.05) is 18.2 Å². The van der Waals surface area contributed by atoms with Crippen LogP contribution in [-0.2, 0) is 4.74 Å². The van der Waals surface area contributed by atoms with E-state index >= 15 is 0 Å². The van der Waals surface area contributed by atoms with Gasteiger partial charge in [0.05, 0.1) is 12.3 Å². The minimum absolute atomic E-state index is 0.505. The van der Waals surface area contributed by atoms with Crippen molar-refractivity contribution in [1.29, 1.82) is 0 Å². The van der Waals surface area contributed by atoms with Crippen LogP contribution in [-0.4, -0.2) is 37.7 Å². The van der Waals surface area contributed by atoms with Gasteiger partial charge >= 0.3 is 0 Å². The average Bonchev–Trinajstić information content (AvgIpc) is 2.30. The number of aliphatic imine (C=N–C) groups is 1. The highest BCUT2D eigenvalue weighted by Crippen LogP contribution is 2.09. The number of ether oxygens (including phenoxy) is 1. The van der Waals surface area contributed by atoms with Crippen molar-refractivity contribution in [2.24, 2.45) is 10.7 Å². The van der Waals surface area contributed by atoms with E-state index in [0.717, 1.165) is 18.8 Å². The molecule has 88 valence electrons. The molecule has 1 aromatic rings. The SMILES string of the molecule is CCOCCN(C)C(N)=Nc1ccccc1. The third-order valence-corrected chi connectivity index (χ3v) is 2.17. The summed E-state index contributed by atoms with van der Waals surface area (Å²) in [6.07, 6.45) is 0. The molecule has 0 aromatic heterocycles. The van der Waals surface area contributed by atoms with Crippen molar-refractivity contribution in [3.63, 3.8) is 0 Å². The molecule has 0 aliphatic heterocycles. The van der Waals surface area contributed by atoms with Crippen LogP contribution >= 0.6 is 0 Å². The zero-order valence-electron chi connectivity index (χ0n) is 9.89. The minimum Gasteiger partial charge on any atom is -0.380 e. The summed E-state index contributed by atoms with van der Waals surface area (Å²) in [4.78, 5) is 6.18. The van der Waals surface area contributed by atoms with Gasteiger partial charge in [-0.05, 0) is 19.1 Å². The van der Waals surface area contributed by atoms with E-state index in [1.165, 1.54) is 0 Å². The number of likely N-dealkylation sites (N-methyl/N-ethyl adjacent to an activating group) is 1. The first-order chi connectivity index (χ1) is 7.74. The van der Waals surface area contributed by atoms with Gasteiger partial charge in [0.1, 0.15) is 0 Å². The fraction of sp³-hybridized carbons (Fsp3) is 0.417. The fourth-order valence-corrected chi connectivity index (χ4v) is 1.18. The zero-order valence-corrected chi connectivity index (χ0v) is 9.89. The van der Waals surface area contributed by atoms with Crippen molar-refractivity contribution in [3.05, 3.63) is 30.3 Å². The number of benzene rings is 1. The van der Waals surface area contributed by atoms with Gasteiger partial charge in [0.15, 0.2) is 5.96 Å². The van der Waals surface area contributed by atoms with E-state index in [0.29, 0.717) is 12.6 Å². The second-order valence-corrected chi connectivity index (χ2v) is 3.42. The first kappa shape index (κ1) is 12.5. The molecule has 0 unspecified atom stereocenters. The Kier molecular flexibility index (Phi) is 5.36. The van der Waals surface area contributed by atoms with Crippen molar-refractivity contribution in [2.75, 3.05) is 26.8 Å². The van der Waals surface area contributed by atoms with Crippen molar-refractivity contribution >= 4 is 11.6 Å². The lowest BCUT2D eigenvalue weighted by Gasteiger charge is -2.17. The highest BCUT2D eigenvalue weighted by atomic mass is 16.5. The number of nitrogens with zero attached hydrogens (tertiary/aromatic N) is 2. The smallest absolute Gasteiger partial charge is 0.196 e. The van der Waals surface area contributed by atoms with E-state index in [4.69, 9.17) is 10.5 Å². The molecule has 0 bridgehead atoms. The largest absolute Gasteiger partial charge is 0.380 e. The van der Waals surface area contributed by atoms with Gasteiger partial charge in [-0.2, -0.15) is 0 Å². The van der Waals surface area contributed by atoms with E-state index in [1.807, 2.05) is 49.2 Å². The summed E-state index contributed by atoms with van der Waals surface area (Å²) in [6.45, 7) is 4.11. The zero-order chi connectivity index (χ0) is 11.8. The molecular weight excluding hydrogens is 202 g/mol. The van der Waals surface area contributed by atoms with Gasteiger partial charge in [0.2, 0.25) is 0 Å². The summed E-state index contributed by atoms with van der Waals surface area (Å²) in [5, 5.41) is 0. The van der Waals surface area contributed by atoms with Crippen molar-refractivity contribution in [3.8, 4) is 0 Å². The third kappa shape index (κ3) is 4.31. The molecule has 4 nitrogen and oxygen atoms in total. The maximum absolute atomic E-state index is 5.85. The minimum atomic E-state index is 0.505. The van der Waals surface area contributed by atoms with E-state index in [2.05, 4.69) is 4.99 Å². The molecule has 0 aliphatic carbocycles. The Balaban J connectivity index is 2.49. The first-order valence-electron chi connectivity index (χ1n) is 5.42. The Morgan fingerprint density at radius 1 is 1.38 bits per heavy atom. The fourth-order valence-electron chi connectivity index (χ4n) is 1.18. The molecule has 0 saturated heterocycles. The number of para-hydroxylation sites is 1. The van der Waals surface area contributed by atoms with Crippen LogP contribution in [0, 0.1) is 0 Å². The maximum Gasteiger partial charge on any atom is 0.196 e. The second kappa shape index (κ2) is 6.85. The molecule has 0 aliphatic rings. The summed E-state index contributed by atoms with van der Waals surface area (Å²) in [6, 6.07) is 9.67. The Labute approximate surface area is 96.7 Å². The van der Waals surface area contributed by atoms with E-state index in [9.17, 15) is 0 Å². The molecule has 0 fully saturated rings. The van der Waals surface area contributed by atoms with Crippen LogP contribution in [0.2, 0.25) is 0 Å². The van der Waals surface area contributed by atoms with Gasteiger partial charge in [-0.15, -0.1) is 0 Å². The third-order valence-electron chi connectivity index (χ3n) is 2.17. The van der Waals surface area contributed by atoms with Crippen LogP contribution < -0.4 is 5.73 Å². The Bertz CT molecular complexity index is 324. The average molecular weight is 221 g/mol. The molecule has 2 N–H and O–H groups in total. The van der Waals surface area contributed by atoms with Crippen LogP contribution in [0.15, 0.2) is 35.3 Å². The van der Waals surface area contributed by atoms with Crippen LogP contribution in [0.1, 0.15) is 6.92 Å². The van der Waals surface area contributed by atoms with Crippen molar-refractivity contribution in [2.45, 2.75) is 6.92 Å². The summed E-state index contributed by atoms with van der Waals surface area (Å²) < 4.78 is 5.25. The molecule has 1 rings (SSSR count). The lowest BCUT2D eigenvalue weighted by atomic mass is 10.3. The second-order valence-electron chi connectivity index (χ2n) is 3.42. The molecule has 0 atom stereocenters. The number of rotatable bonds is 5. The summed E-state index contributed by atoms with van der Waals surface area (Å²) in [5.41, 5.74) is 6.72. The van der Waals surface area contributed by atoms with Crippen LogP contribution in [0.5, 0.6) is 0 Å². The van der Waals surface area contributed by atoms with Crippen LogP contribution in [0.25, 0.3) is 0 Å². The number of guanidine groups is 1. The molecule has 4 heteroatoms. The molecule has 0 spiro atoms.